The van der Waals surface area contributed by atoms with Crippen LogP contribution in [0.3, 0.4) is 0 Å². The van der Waals surface area contributed by atoms with Crippen molar-refractivity contribution in [2.45, 2.75) is 62.4 Å². The van der Waals surface area contributed by atoms with Crippen molar-refractivity contribution in [1.82, 2.24) is 0 Å². The van der Waals surface area contributed by atoms with Gasteiger partial charge in [0.1, 0.15) is 44.8 Å². The summed E-state index contributed by atoms with van der Waals surface area (Å²) in [5.41, 5.74) is 0.568. The van der Waals surface area contributed by atoms with E-state index >= 15 is 0 Å². The van der Waals surface area contributed by atoms with Gasteiger partial charge in [-0.2, -0.15) is 0 Å². The molecule has 0 aromatic heterocycles. The number of esters is 2. The van der Waals surface area contributed by atoms with Crippen LogP contribution in [-0.2, 0) is 42.3 Å². The summed E-state index contributed by atoms with van der Waals surface area (Å²) in [4.78, 5) is 27.9. The van der Waals surface area contributed by atoms with Crippen LogP contribution in [0.4, 0.5) is 0 Å². The van der Waals surface area contributed by atoms with E-state index in [4.69, 9.17) is 42.3 Å². The summed E-state index contributed by atoms with van der Waals surface area (Å²) in [6.07, 6.45) is -6.88. The molecule has 0 heterocycles. The molecule has 4 aromatic carbocycles. The summed E-state index contributed by atoms with van der Waals surface area (Å²) in [7, 11) is 1.09. The Morgan fingerprint density at radius 3 is 1.13 bits per heavy atom. The molecule has 4 aromatic rings. The molecule has 5 rings (SSSR count). The van der Waals surface area contributed by atoms with Gasteiger partial charge < -0.3 is 42.3 Å². The molecule has 0 aliphatic heterocycles. The summed E-state index contributed by atoms with van der Waals surface area (Å²) in [6.45, 7) is 5.83. The summed E-state index contributed by atoms with van der Waals surface area (Å²) >= 11 is 0. The van der Waals surface area contributed by atoms with E-state index in [-0.39, 0.29) is 31.5 Å². The molecule has 0 N–H and O–H groups in total. The lowest BCUT2D eigenvalue weighted by atomic mass is 9.84. The Kier molecular flexibility index (Phi) is 14.7. The van der Waals surface area contributed by atoms with E-state index in [1.165, 1.54) is 21.3 Å². The van der Waals surface area contributed by atoms with Gasteiger partial charge in [-0.15, -0.1) is 0 Å². The number of hydrogen-bond acceptors (Lipinski definition) is 11. The predicted octanol–water partition coefficient (Wildman–Crippen LogP) is 5.36. The van der Waals surface area contributed by atoms with Crippen LogP contribution < -0.4 is 10.4 Å². The highest BCUT2D eigenvalue weighted by molar-refractivity contribution is 6.99. The van der Waals surface area contributed by atoms with E-state index in [0.29, 0.717) is 0 Å². The van der Waals surface area contributed by atoms with E-state index in [1.807, 2.05) is 36.4 Å². The minimum absolute atomic E-state index is 0.178. The molecule has 6 atom stereocenters. The number of rotatable bonds is 17. The fraction of sp³-hybridized carbons (Fsp3) is 0.381. The van der Waals surface area contributed by atoms with Crippen LogP contribution in [0.15, 0.2) is 121 Å². The van der Waals surface area contributed by atoms with E-state index in [9.17, 15) is 9.59 Å². The molecule has 1 aliphatic rings. The van der Waals surface area contributed by atoms with Crippen molar-refractivity contribution in [3.05, 3.63) is 132 Å². The number of methoxy groups -OCH3 is 3. The van der Waals surface area contributed by atoms with Crippen molar-refractivity contribution in [3.63, 3.8) is 0 Å². The summed E-state index contributed by atoms with van der Waals surface area (Å²) in [5, 5.41) is 1.50. The van der Waals surface area contributed by atoms with Crippen LogP contribution in [0.1, 0.15) is 41.5 Å². The lowest BCUT2D eigenvalue weighted by Gasteiger charge is -2.53. The van der Waals surface area contributed by atoms with Gasteiger partial charge in [-0.05, 0) is 39.7 Å². The van der Waals surface area contributed by atoms with Gasteiger partial charge in [-0.25, -0.2) is 9.59 Å². The first-order valence-electron chi connectivity index (χ1n) is 17.8. The number of ether oxygens (including phenoxy) is 8. The topological polar surface area (TPSA) is 117 Å². The highest BCUT2D eigenvalue weighted by Crippen LogP contribution is 2.42. The largest absolute Gasteiger partial charge is 0.452 e. The average molecular weight is 759 g/mol. The van der Waals surface area contributed by atoms with E-state index in [1.54, 1.807) is 60.7 Å². The monoisotopic (exact) mass is 758 g/mol. The third-order valence-corrected chi connectivity index (χ3v) is 14.3. The van der Waals surface area contributed by atoms with Crippen molar-refractivity contribution in [2.75, 3.05) is 41.7 Å². The Morgan fingerprint density at radius 2 is 0.796 bits per heavy atom. The zero-order valence-corrected chi connectivity index (χ0v) is 32.6. The van der Waals surface area contributed by atoms with Crippen molar-refractivity contribution >= 4 is 30.6 Å². The molecule has 12 heteroatoms. The Hall–Kier alpha value is -4.24. The Morgan fingerprint density at radius 1 is 0.481 bits per heavy atom. The van der Waals surface area contributed by atoms with Crippen LogP contribution in [0, 0.1) is 0 Å². The highest BCUT2D eigenvalue weighted by Gasteiger charge is 2.61. The van der Waals surface area contributed by atoms with Gasteiger partial charge in [0.05, 0.1) is 11.1 Å². The maximum absolute atomic E-state index is 14.0. The lowest BCUT2D eigenvalue weighted by Crippen LogP contribution is -2.74. The SMILES string of the molecule is COCO[C@@H]1[C@H](OCOC)[C@@H](OC(=O)c2ccccc2)[C@H](OC(=O)c2ccccc2)[C@@H](OCOC)[C@@H]1O[Si](c1ccccc1)(c1ccccc1)C(C)(C)C. The third kappa shape index (κ3) is 9.33. The van der Waals surface area contributed by atoms with Crippen molar-refractivity contribution in [2.24, 2.45) is 0 Å². The first-order valence-corrected chi connectivity index (χ1v) is 19.7. The van der Waals surface area contributed by atoms with E-state index < -0.39 is 61.9 Å². The van der Waals surface area contributed by atoms with Gasteiger partial charge in [-0.3, -0.25) is 0 Å². The van der Waals surface area contributed by atoms with Crippen molar-refractivity contribution in [3.8, 4) is 0 Å². The first-order chi connectivity index (χ1) is 26.2. The summed E-state index contributed by atoms with van der Waals surface area (Å²) in [6, 6.07) is 37.2. The molecular weight excluding hydrogens is 709 g/mol. The van der Waals surface area contributed by atoms with Gasteiger partial charge >= 0.3 is 11.9 Å². The molecule has 54 heavy (non-hydrogen) atoms. The third-order valence-electron chi connectivity index (χ3n) is 9.31. The second-order valence-electron chi connectivity index (χ2n) is 13.8. The molecule has 0 spiro atoms. The Bertz CT molecular complexity index is 1680. The predicted molar refractivity (Wildman–Crippen MR) is 204 cm³/mol. The van der Waals surface area contributed by atoms with Gasteiger partial charge in [0.25, 0.3) is 8.32 Å². The molecule has 1 saturated carbocycles. The Balaban J connectivity index is 1.75. The number of hydrogen-bond donors (Lipinski definition) is 0. The maximum Gasteiger partial charge on any atom is 0.338 e. The summed E-state index contributed by atoms with van der Waals surface area (Å²) in [5.74, 6) is -1.34. The fourth-order valence-electron chi connectivity index (χ4n) is 6.96. The molecule has 0 amide bonds. The standard InChI is InChI=1S/C42H50O11Si/c1-42(2,3)54(32-23-15-9-16-24-32,33-25-17-10-18-26-33)53-39-35(49-28-46-5)34(48-27-45-4)37(51-40(43)30-19-11-7-12-20-30)38(36(39)50-29-47-6)52-41(44)31-21-13-8-14-22-31/h7-26,34-39H,27-29H2,1-6H3/t34-,35+,36+,37+,38+,39+/m0/s1. The van der Waals surface area contributed by atoms with Crippen LogP contribution in [0.5, 0.6) is 0 Å². The lowest BCUT2D eigenvalue weighted by molar-refractivity contribution is -0.281. The van der Waals surface area contributed by atoms with Crippen LogP contribution in [-0.4, -0.2) is 98.6 Å². The molecule has 0 radical (unpaired) electrons. The van der Waals surface area contributed by atoms with Gasteiger partial charge in [-0.1, -0.05) is 118 Å². The molecule has 11 nitrogen and oxygen atoms in total. The van der Waals surface area contributed by atoms with Gasteiger partial charge in [0.2, 0.25) is 0 Å². The van der Waals surface area contributed by atoms with Crippen LogP contribution in [0.2, 0.25) is 5.04 Å². The molecule has 1 aliphatic carbocycles. The quantitative estimate of drug-likeness (QED) is 0.0787. The zero-order valence-electron chi connectivity index (χ0n) is 31.6. The number of benzene rings is 4. The highest BCUT2D eigenvalue weighted by atomic mass is 28.4. The smallest absolute Gasteiger partial charge is 0.338 e. The normalized spacial score (nSPS) is 21.7. The second-order valence-corrected chi connectivity index (χ2v) is 18.1. The first kappa shape index (κ1) is 40.9. The molecule has 1 fully saturated rings. The Labute approximate surface area is 318 Å². The molecular formula is C42H50O11Si. The maximum atomic E-state index is 14.0. The second kappa shape index (κ2) is 19.4. The number of carbonyl (C=O) groups is 2. The number of carbonyl (C=O) groups excluding carboxylic acids is 2. The fourth-order valence-corrected chi connectivity index (χ4v) is 11.7. The van der Waals surface area contributed by atoms with Gasteiger partial charge in [0.15, 0.2) is 12.2 Å². The minimum atomic E-state index is -3.38. The van der Waals surface area contributed by atoms with E-state index in [2.05, 4.69) is 45.0 Å². The summed E-state index contributed by atoms with van der Waals surface area (Å²) < 4.78 is 56.1. The van der Waals surface area contributed by atoms with Crippen LogP contribution in [0.25, 0.3) is 0 Å². The average Bonchev–Trinajstić information content (AvgIpc) is 3.19. The molecule has 0 bridgehead atoms. The molecule has 288 valence electrons. The molecule has 0 saturated heterocycles. The zero-order chi connectivity index (χ0) is 38.6. The van der Waals surface area contributed by atoms with Crippen LogP contribution >= 0.6 is 0 Å². The van der Waals surface area contributed by atoms with Crippen molar-refractivity contribution < 1.29 is 51.9 Å². The van der Waals surface area contributed by atoms with Crippen molar-refractivity contribution in [1.29, 1.82) is 0 Å². The van der Waals surface area contributed by atoms with E-state index in [0.717, 1.165) is 10.4 Å². The molecule has 0 unspecified atom stereocenters. The minimum Gasteiger partial charge on any atom is -0.452 e. The van der Waals surface area contributed by atoms with Gasteiger partial charge in [0, 0.05) is 21.3 Å².